The molecule has 0 bridgehead atoms. The molecule has 1 fully saturated rings. The second kappa shape index (κ2) is 6.13. The van der Waals surface area contributed by atoms with Crippen molar-refractivity contribution in [1.82, 2.24) is 0 Å². The van der Waals surface area contributed by atoms with Gasteiger partial charge in [0.25, 0.3) is 0 Å². The fourth-order valence-corrected chi connectivity index (χ4v) is 5.07. The van der Waals surface area contributed by atoms with Crippen molar-refractivity contribution in [2.45, 2.75) is 71.8 Å². The third-order valence-electron chi connectivity index (χ3n) is 7.15. The average Bonchev–Trinajstić information content (AvgIpc) is 2.49. The van der Waals surface area contributed by atoms with Gasteiger partial charge in [0.1, 0.15) is 0 Å². The van der Waals surface area contributed by atoms with Gasteiger partial charge in [-0.3, -0.25) is 0 Å². The van der Waals surface area contributed by atoms with Gasteiger partial charge in [0.05, 0.1) is 12.2 Å². The number of fused-ring (bicyclic) bond motifs is 1. The van der Waals surface area contributed by atoms with Gasteiger partial charge in [0, 0.05) is 0 Å². The summed E-state index contributed by atoms with van der Waals surface area (Å²) in [5.74, 6) is 1.25. The van der Waals surface area contributed by atoms with Crippen molar-refractivity contribution in [2.24, 2.45) is 22.7 Å². The van der Waals surface area contributed by atoms with Crippen LogP contribution >= 0.6 is 0 Å². The minimum absolute atomic E-state index is 0.133. The fraction of sp³-hybridized carbons (Fsp3) is 0.800. The van der Waals surface area contributed by atoms with Gasteiger partial charge in [-0.1, -0.05) is 32.9 Å². The molecule has 1 saturated carbocycles. The molecule has 2 nitrogen and oxygen atoms in total. The van der Waals surface area contributed by atoms with Crippen molar-refractivity contribution in [2.75, 3.05) is 6.61 Å². The lowest BCUT2D eigenvalue weighted by atomic mass is 9.46. The van der Waals surface area contributed by atoms with Crippen LogP contribution in [0, 0.1) is 22.7 Å². The summed E-state index contributed by atoms with van der Waals surface area (Å²) in [6.07, 6.45) is 10.4. The number of allylic oxidation sites excluding steroid dienone is 1. The first kappa shape index (κ1) is 17.7. The van der Waals surface area contributed by atoms with Crippen LogP contribution in [0.2, 0.25) is 0 Å². The molecule has 126 valence electrons. The summed E-state index contributed by atoms with van der Waals surface area (Å²) < 4.78 is 0. The number of hydrogen-bond acceptors (Lipinski definition) is 2. The van der Waals surface area contributed by atoms with Crippen molar-refractivity contribution in [1.29, 1.82) is 0 Å². The molecule has 0 aromatic carbocycles. The van der Waals surface area contributed by atoms with E-state index in [4.69, 9.17) is 0 Å². The molecule has 2 rings (SSSR count). The molecule has 2 heteroatoms. The maximum Gasteiger partial charge on any atom is 0.0797 e. The summed E-state index contributed by atoms with van der Waals surface area (Å²) in [5.41, 5.74) is 0.821. The Kier molecular flexibility index (Phi) is 4.94. The Morgan fingerprint density at radius 1 is 1.41 bits per heavy atom. The smallest absolute Gasteiger partial charge is 0.0797 e. The summed E-state index contributed by atoms with van der Waals surface area (Å²) in [5, 5.41) is 20.2. The molecular formula is C20H34O2. The highest BCUT2D eigenvalue weighted by molar-refractivity contribution is 5.23. The minimum atomic E-state index is -0.777. The van der Waals surface area contributed by atoms with Crippen LogP contribution in [0.4, 0.5) is 0 Å². The van der Waals surface area contributed by atoms with E-state index >= 15 is 0 Å². The van der Waals surface area contributed by atoms with Gasteiger partial charge in [0.15, 0.2) is 0 Å². The maximum absolute atomic E-state index is 10.3. The summed E-state index contributed by atoms with van der Waals surface area (Å²) in [6.45, 7) is 13.0. The molecule has 22 heavy (non-hydrogen) atoms. The second-order valence-electron chi connectivity index (χ2n) is 8.44. The fourth-order valence-electron chi connectivity index (χ4n) is 5.07. The molecule has 0 radical (unpaired) electrons. The van der Waals surface area contributed by atoms with E-state index in [1.807, 2.05) is 6.92 Å². The Balaban J connectivity index is 2.29. The molecule has 2 aliphatic carbocycles. The molecule has 0 aromatic heterocycles. The van der Waals surface area contributed by atoms with Gasteiger partial charge in [0.2, 0.25) is 0 Å². The van der Waals surface area contributed by atoms with Gasteiger partial charge >= 0.3 is 0 Å². The summed E-state index contributed by atoms with van der Waals surface area (Å²) in [7, 11) is 0. The van der Waals surface area contributed by atoms with Crippen molar-refractivity contribution >= 4 is 0 Å². The summed E-state index contributed by atoms with van der Waals surface area (Å²) in [4.78, 5) is 0. The number of rotatable bonds is 5. The van der Waals surface area contributed by atoms with Crippen LogP contribution < -0.4 is 0 Å². The van der Waals surface area contributed by atoms with Crippen LogP contribution in [0.15, 0.2) is 24.3 Å². The highest BCUT2D eigenvalue weighted by Crippen LogP contribution is 2.62. The van der Waals surface area contributed by atoms with Gasteiger partial charge in [-0.2, -0.15) is 0 Å². The predicted octanol–water partition coefficient (Wildman–Crippen LogP) is 4.47. The quantitative estimate of drug-likeness (QED) is 0.735. The zero-order valence-electron chi connectivity index (χ0n) is 14.9. The topological polar surface area (TPSA) is 40.5 Å². The normalized spacial score (nSPS) is 41.3. The molecule has 0 heterocycles. The Morgan fingerprint density at radius 3 is 2.68 bits per heavy atom. The first-order valence-corrected chi connectivity index (χ1v) is 8.86. The first-order chi connectivity index (χ1) is 10.2. The molecule has 0 amide bonds. The molecule has 2 N–H and O–H groups in total. The monoisotopic (exact) mass is 306 g/mol. The Hall–Kier alpha value is -0.600. The van der Waals surface area contributed by atoms with E-state index in [0.29, 0.717) is 11.8 Å². The lowest BCUT2D eigenvalue weighted by molar-refractivity contribution is -0.0616. The molecule has 0 aliphatic heterocycles. The maximum atomic E-state index is 10.3. The highest BCUT2D eigenvalue weighted by Gasteiger charge is 2.53. The lowest BCUT2D eigenvalue weighted by Gasteiger charge is -2.58. The van der Waals surface area contributed by atoms with Crippen molar-refractivity contribution in [3.8, 4) is 0 Å². The molecule has 0 unspecified atom stereocenters. The number of aliphatic hydroxyl groups is 2. The largest absolute Gasteiger partial charge is 0.392 e. The third-order valence-corrected chi connectivity index (χ3v) is 7.15. The van der Waals surface area contributed by atoms with Crippen molar-refractivity contribution in [3.63, 3.8) is 0 Å². The number of hydrogen-bond donors (Lipinski definition) is 2. The van der Waals surface area contributed by atoms with E-state index in [9.17, 15) is 10.2 Å². The van der Waals surface area contributed by atoms with E-state index in [2.05, 4.69) is 33.4 Å². The average molecular weight is 306 g/mol. The van der Waals surface area contributed by atoms with Crippen LogP contribution in [0.5, 0.6) is 0 Å². The van der Waals surface area contributed by atoms with E-state index in [0.717, 1.165) is 19.3 Å². The van der Waals surface area contributed by atoms with E-state index < -0.39 is 5.60 Å². The van der Waals surface area contributed by atoms with Crippen molar-refractivity contribution < 1.29 is 10.2 Å². The van der Waals surface area contributed by atoms with Crippen molar-refractivity contribution in [3.05, 3.63) is 24.3 Å². The van der Waals surface area contributed by atoms with Gasteiger partial charge in [-0.25, -0.2) is 0 Å². The van der Waals surface area contributed by atoms with Crippen LogP contribution in [-0.4, -0.2) is 22.4 Å². The Labute approximate surface area is 136 Å². The SMILES string of the molecule is C=C[C@@](C)(O)CC[C@@]1(C)[C@H](C)CC[C@]2(C)C(CO)=CCC[C@H]12. The van der Waals surface area contributed by atoms with Crippen LogP contribution in [-0.2, 0) is 0 Å². The van der Waals surface area contributed by atoms with Gasteiger partial charge in [-0.15, -0.1) is 6.58 Å². The minimum Gasteiger partial charge on any atom is -0.392 e. The zero-order valence-corrected chi connectivity index (χ0v) is 14.9. The highest BCUT2D eigenvalue weighted by atomic mass is 16.3. The molecule has 0 aromatic rings. The van der Waals surface area contributed by atoms with Crippen LogP contribution in [0.1, 0.15) is 66.2 Å². The standard InChI is InChI=1S/C20H34O2/c1-6-18(3,22)12-13-19(4)15(2)10-11-20(5)16(14-21)8-7-9-17(19)20/h6,8,15,17,21-22H,1,7,9-14H2,2-5H3/t15-,17-,18-,19+,20-/m1/s1. The molecule has 0 saturated heterocycles. The third kappa shape index (κ3) is 2.92. The van der Waals surface area contributed by atoms with E-state index in [-0.39, 0.29) is 17.4 Å². The first-order valence-electron chi connectivity index (χ1n) is 8.86. The lowest BCUT2D eigenvalue weighted by Crippen LogP contribution is -2.51. The molecule has 5 atom stereocenters. The molecular weight excluding hydrogens is 272 g/mol. The predicted molar refractivity (Wildman–Crippen MR) is 92.6 cm³/mol. The van der Waals surface area contributed by atoms with E-state index in [1.165, 1.54) is 24.8 Å². The van der Waals surface area contributed by atoms with Crippen LogP contribution in [0.25, 0.3) is 0 Å². The Morgan fingerprint density at radius 2 is 2.09 bits per heavy atom. The second-order valence-corrected chi connectivity index (χ2v) is 8.44. The molecule has 0 spiro atoms. The summed E-state index contributed by atoms with van der Waals surface area (Å²) >= 11 is 0. The van der Waals surface area contributed by atoms with E-state index in [1.54, 1.807) is 6.08 Å². The number of aliphatic hydroxyl groups excluding tert-OH is 1. The zero-order chi connectivity index (χ0) is 16.6. The van der Waals surface area contributed by atoms with Gasteiger partial charge < -0.3 is 10.2 Å². The summed E-state index contributed by atoms with van der Waals surface area (Å²) in [6, 6.07) is 0. The Bertz CT molecular complexity index is 451. The van der Waals surface area contributed by atoms with Gasteiger partial charge in [-0.05, 0) is 73.7 Å². The van der Waals surface area contributed by atoms with Crippen LogP contribution in [0.3, 0.4) is 0 Å². The molecule has 2 aliphatic rings.